The van der Waals surface area contributed by atoms with E-state index in [1.807, 2.05) is 49.7 Å². The molecule has 0 bridgehead atoms. The zero-order chi connectivity index (χ0) is 14.8. The second-order valence-electron chi connectivity index (χ2n) is 4.59. The molecule has 0 fully saturated rings. The van der Waals surface area contributed by atoms with Gasteiger partial charge in [-0.25, -0.2) is 0 Å². The summed E-state index contributed by atoms with van der Waals surface area (Å²) in [6.45, 7) is 2.18. The lowest BCUT2D eigenvalue weighted by Crippen LogP contribution is -2.07. The molecule has 0 saturated heterocycles. The van der Waals surface area contributed by atoms with Gasteiger partial charge in [0.2, 0.25) is 0 Å². The third-order valence-corrected chi connectivity index (χ3v) is 3.11. The van der Waals surface area contributed by atoms with Gasteiger partial charge in [0.1, 0.15) is 5.75 Å². The van der Waals surface area contributed by atoms with Crippen LogP contribution in [0.4, 0.5) is 5.69 Å². The zero-order valence-corrected chi connectivity index (χ0v) is 12.9. The molecular weight excluding hydrogens is 250 g/mol. The molecule has 0 amide bonds. The van der Waals surface area contributed by atoms with Crippen LogP contribution in [0.3, 0.4) is 0 Å². The van der Waals surface area contributed by atoms with Gasteiger partial charge < -0.3 is 14.4 Å². The number of benzene rings is 1. The molecule has 0 N–H and O–H groups in total. The average molecular weight is 275 g/mol. The molecule has 110 valence electrons. The molecule has 3 nitrogen and oxygen atoms in total. The summed E-state index contributed by atoms with van der Waals surface area (Å²) in [7, 11) is 5.42. The van der Waals surface area contributed by atoms with Crippen LogP contribution in [-0.4, -0.2) is 21.3 Å². The Bertz CT molecular complexity index is 435. The zero-order valence-electron chi connectivity index (χ0n) is 12.9. The average Bonchev–Trinajstić information content (AvgIpc) is 2.50. The SMILES string of the molecule is CCCC/C(=C\C=C\N(C)c1ccc(OC)cc1)OC. The highest BCUT2D eigenvalue weighted by atomic mass is 16.5. The first-order valence-corrected chi connectivity index (χ1v) is 6.99. The number of methoxy groups -OCH3 is 2. The van der Waals surface area contributed by atoms with Crippen molar-refractivity contribution in [2.24, 2.45) is 0 Å². The Labute approximate surface area is 122 Å². The van der Waals surface area contributed by atoms with Crippen LogP contribution in [0, 0.1) is 0 Å². The Balaban J connectivity index is 2.60. The van der Waals surface area contributed by atoms with Crippen molar-refractivity contribution < 1.29 is 9.47 Å². The van der Waals surface area contributed by atoms with Gasteiger partial charge in [0, 0.05) is 25.4 Å². The van der Waals surface area contributed by atoms with Gasteiger partial charge in [-0.2, -0.15) is 0 Å². The predicted molar refractivity (Wildman–Crippen MR) is 85.2 cm³/mol. The fourth-order valence-corrected chi connectivity index (χ4v) is 1.79. The van der Waals surface area contributed by atoms with Crippen LogP contribution in [0.1, 0.15) is 26.2 Å². The topological polar surface area (TPSA) is 21.7 Å². The summed E-state index contributed by atoms with van der Waals surface area (Å²) in [4.78, 5) is 2.06. The van der Waals surface area contributed by atoms with Gasteiger partial charge in [-0.15, -0.1) is 0 Å². The molecule has 20 heavy (non-hydrogen) atoms. The van der Waals surface area contributed by atoms with Crippen molar-refractivity contribution in [1.82, 2.24) is 0 Å². The van der Waals surface area contributed by atoms with Gasteiger partial charge in [-0.3, -0.25) is 0 Å². The minimum Gasteiger partial charge on any atom is -0.501 e. The highest BCUT2D eigenvalue weighted by Crippen LogP contribution is 2.18. The van der Waals surface area contributed by atoms with Crippen LogP contribution >= 0.6 is 0 Å². The maximum absolute atomic E-state index is 5.34. The second kappa shape index (κ2) is 9.08. The molecule has 1 rings (SSSR count). The van der Waals surface area contributed by atoms with E-state index in [2.05, 4.69) is 11.8 Å². The van der Waals surface area contributed by atoms with E-state index in [9.17, 15) is 0 Å². The first-order valence-electron chi connectivity index (χ1n) is 6.99. The van der Waals surface area contributed by atoms with Crippen LogP contribution in [0.25, 0.3) is 0 Å². The third kappa shape index (κ3) is 5.39. The molecule has 3 heteroatoms. The Morgan fingerprint density at radius 2 is 1.90 bits per heavy atom. The molecule has 0 aromatic heterocycles. The molecule has 0 spiro atoms. The first kappa shape index (κ1) is 16.2. The standard InChI is InChI=1S/C17H25NO2/c1-5-6-8-16(19-3)9-7-14-18(2)15-10-12-17(20-4)13-11-15/h7,9-14H,5-6,8H2,1-4H3/b14-7+,16-9+. The molecule has 0 aliphatic carbocycles. The Kier molecular flexibility index (Phi) is 7.33. The second-order valence-corrected chi connectivity index (χ2v) is 4.59. The van der Waals surface area contributed by atoms with Gasteiger partial charge in [-0.05, 0) is 42.8 Å². The Hall–Kier alpha value is -1.90. The number of rotatable bonds is 8. The number of nitrogens with zero attached hydrogens (tertiary/aromatic N) is 1. The summed E-state index contributed by atoms with van der Waals surface area (Å²) in [5.41, 5.74) is 1.11. The minimum atomic E-state index is 0.868. The lowest BCUT2D eigenvalue weighted by molar-refractivity contribution is 0.275. The lowest BCUT2D eigenvalue weighted by atomic mass is 10.2. The van der Waals surface area contributed by atoms with Crippen LogP contribution in [-0.2, 0) is 4.74 Å². The predicted octanol–water partition coefficient (Wildman–Crippen LogP) is 4.37. The van der Waals surface area contributed by atoms with E-state index >= 15 is 0 Å². The van der Waals surface area contributed by atoms with Gasteiger partial charge in [0.05, 0.1) is 20.0 Å². The molecule has 1 aromatic rings. The van der Waals surface area contributed by atoms with Gasteiger partial charge in [0.15, 0.2) is 0 Å². The molecule has 0 aliphatic rings. The van der Waals surface area contributed by atoms with Crippen LogP contribution in [0.5, 0.6) is 5.75 Å². The normalized spacial score (nSPS) is 11.7. The first-order chi connectivity index (χ1) is 9.71. The molecule has 1 aromatic carbocycles. The molecule has 0 saturated carbocycles. The van der Waals surface area contributed by atoms with Crippen LogP contribution < -0.4 is 9.64 Å². The van der Waals surface area contributed by atoms with E-state index < -0.39 is 0 Å². The van der Waals surface area contributed by atoms with E-state index in [1.54, 1.807) is 14.2 Å². The highest BCUT2D eigenvalue weighted by Gasteiger charge is 1.97. The van der Waals surface area contributed by atoms with Crippen molar-refractivity contribution in [3.05, 3.63) is 48.4 Å². The molecule has 0 aliphatic heterocycles. The van der Waals surface area contributed by atoms with Gasteiger partial charge in [-0.1, -0.05) is 13.3 Å². The smallest absolute Gasteiger partial charge is 0.119 e. The number of hydrogen-bond donors (Lipinski definition) is 0. The van der Waals surface area contributed by atoms with Crippen molar-refractivity contribution in [2.75, 3.05) is 26.2 Å². The summed E-state index contributed by atoms with van der Waals surface area (Å²) >= 11 is 0. The molecule has 0 atom stereocenters. The quantitative estimate of drug-likeness (QED) is 0.519. The lowest BCUT2D eigenvalue weighted by Gasteiger charge is -2.14. The van der Waals surface area contributed by atoms with Crippen molar-refractivity contribution >= 4 is 5.69 Å². The van der Waals surface area contributed by atoms with E-state index in [1.165, 1.54) is 6.42 Å². The number of hydrogen-bond acceptors (Lipinski definition) is 3. The summed E-state index contributed by atoms with van der Waals surface area (Å²) in [5, 5.41) is 0. The van der Waals surface area contributed by atoms with E-state index in [4.69, 9.17) is 9.47 Å². The largest absolute Gasteiger partial charge is 0.501 e. The van der Waals surface area contributed by atoms with Crippen molar-refractivity contribution in [2.45, 2.75) is 26.2 Å². The summed E-state index contributed by atoms with van der Waals surface area (Å²) in [5.74, 6) is 1.89. The van der Waals surface area contributed by atoms with Crippen molar-refractivity contribution in [3.63, 3.8) is 0 Å². The monoisotopic (exact) mass is 275 g/mol. The van der Waals surface area contributed by atoms with Gasteiger partial charge in [0.25, 0.3) is 0 Å². The summed E-state index contributed by atoms with van der Waals surface area (Å²) in [6.07, 6.45) is 9.38. The van der Waals surface area contributed by atoms with Crippen molar-refractivity contribution in [1.29, 1.82) is 0 Å². The third-order valence-electron chi connectivity index (χ3n) is 3.11. The van der Waals surface area contributed by atoms with Crippen LogP contribution in [0.15, 0.2) is 48.4 Å². The van der Waals surface area contributed by atoms with E-state index in [-0.39, 0.29) is 0 Å². The molecule has 0 heterocycles. The molecular formula is C17H25NO2. The molecule has 0 radical (unpaired) electrons. The summed E-state index contributed by atoms with van der Waals surface area (Å²) < 4.78 is 10.5. The minimum absolute atomic E-state index is 0.868. The fraction of sp³-hybridized carbons (Fsp3) is 0.412. The number of anilines is 1. The van der Waals surface area contributed by atoms with Crippen molar-refractivity contribution in [3.8, 4) is 5.75 Å². The van der Waals surface area contributed by atoms with E-state index in [0.717, 1.165) is 30.0 Å². The number of allylic oxidation sites excluding steroid dienone is 3. The summed E-state index contributed by atoms with van der Waals surface area (Å²) in [6, 6.07) is 7.97. The Morgan fingerprint density at radius 1 is 1.20 bits per heavy atom. The van der Waals surface area contributed by atoms with Gasteiger partial charge >= 0.3 is 0 Å². The molecule has 0 unspecified atom stereocenters. The fourth-order valence-electron chi connectivity index (χ4n) is 1.79. The van der Waals surface area contributed by atoms with Crippen LogP contribution in [0.2, 0.25) is 0 Å². The highest BCUT2D eigenvalue weighted by molar-refractivity contribution is 5.50. The maximum Gasteiger partial charge on any atom is 0.119 e. The van der Waals surface area contributed by atoms with E-state index in [0.29, 0.717) is 0 Å². The number of ether oxygens (including phenoxy) is 2. The maximum atomic E-state index is 5.34. The number of unbranched alkanes of at least 4 members (excludes halogenated alkanes) is 1. The Morgan fingerprint density at radius 3 is 2.45 bits per heavy atom.